The van der Waals surface area contributed by atoms with Crippen molar-refractivity contribution in [1.82, 2.24) is 14.6 Å². The number of para-hydroxylation sites is 2. The predicted octanol–water partition coefficient (Wildman–Crippen LogP) is 3.23. The van der Waals surface area contributed by atoms with Crippen molar-refractivity contribution in [2.45, 2.75) is 27.7 Å². The van der Waals surface area contributed by atoms with Crippen molar-refractivity contribution in [2.24, 2.45) is 0 Å². The molecule has 4 heteroatoms. The van der Waals surface area contributed by atoms with Crippen molar-refractivity contribution in [3.63, 3.8) is 0 Å². The van der Waals surface area contributed by atoms with Gasteiger partial charge in [0.2, 0.25) is 0 Å². The van der Waals surface area contributed by atoms with E-state index in [1.165, 1.54) is 0 Å². The molecule has 0 saturated heterocycles. The summed E-state index contributed by atoms with van der Waals surface area (Å²) >= 11 is 0. The molecule has 0 aliphatic carbocycles. The predicted molar refractivity (Wildman–Crippen MR) is 76.0 cm³/mol. The van der Waals surface area contributed by atoms with Gasteiger partial charge in [0.15, 0.2) is 0 Å². The summed E-state index contributed by atoms with van der Waals surface area (Å²) in [7, 11) is 0. The summed E-state index contributed by atoms with van der Waals surface area (Å²) in [6.07, 6.45) is 1.62. The van der Waals surface area contributed by atoms with Gasteiger partial charge >= 0.3 is 0 Å². The fraction of sp³-hybridized carbons (Fsp3) is 0.286. The molecule has 0 fully saturated rings. The van der Waals surface area contributed by atoms with Gasteiger partial charge in [0.1, 0.15) is 5.52 Å². The van der Waals surface area contributed by atoms with E-state index in [9.17, 15) is 4.79 Å². The molecule has 0 radical (unpaired) electrons. The number of benzene rings is 1. The molecule has 0 aliphatic rings. The Balaban J connectivity index is 0.000000371. The van der Waals surface area contributed by atoms with Gasteiger partial charge in [0.25, 0.3) is 5.56 Å². The Bertz CT molecular complexity index is 667. The van der Waals surface area contributed by atoms with Crippen molar-refractivity contribution in [2.75, 3.05) is 0 Å². The molecule has 3 aromatic rings. The highest BCUT2D eigenvalue weighted by molar-refractivity contribution is 5.77. The lowest BCUT2D eigenvalue weighted by molar-refractivity contribution is 0.987. The molecule has 0 bridgehead atoms. The van der Waals surface area contributed by atoms with Gasteiger partial charge in [-0.05, 0) is 18.2 Å². The van der Waals surface area contributed by atoms with Crippen LogP contribution in [0.5, 0.6) is 0 Å². The smallest absolute Gasteiger partial charge is 0.274 e. The molecule has 2 heterocycles. The molecule has 0 spiro atoms. The summed E-state index contributed by atoms with van der Waals surface area (Å²) in [6.45, 7) is 8.00. The topological polar surface area (TPSA) is 50.2 Å². The first-order valence-electron chi connectivity index (χ1n) is 6.31. The Morgan fingerprint density at radius 2 is 1.67 bits per heavy atom. The number of aromatic amines is 1. The standard InChI is InChI=1S/C10H7N3O.2C2H6/c14-10-9-5-6-11-13(9)8-4-2-1-3-7(8)12-10;2*1-2/h1-6H,(H,12,14);2*1-2H3. The maximum Gasteiger partial charge on any atom is 0.274 e. The number of fused-ring (bicyclic) bond motifs is 3. The first kappa shape index (κ1) is 14.0. The second kappa shape index (κ2) is 6.59. The van der Waals surface area contributed by atoms with Gasteiger partial charge in [-0.2, -0.15) is 5.10 Å². The second-order valence-electron chi connectivity index (χ2n) is 3.10. The number of rotatable bonds is 0. The highest BCUT2D eigenvalue weighted by Gasteiger charge is 2.03. The third-order valence-electron chi connectivity index (χ3n) is 2.26. The zero-order chi connectivity index (χ0) is 13.5. The van der Waals surface area contributed by atoms with Crippen LogP contribution < -0.4 is 5.56 Å². The number of H-pyrrole nitrogens is 1. The fourth-order valence-electron chi connectivity index (χ4n) is 1.62. The van der Waals surface area contributed by atoms with Crippen molar-refractivity contribution in [3.8, 4) is 0 Å². The molecule has 2 aromatic heterocycles. The molecule has 3 rings (SSSR count). The Morgan fingerprint density at radius 3 is 2.39 bits per heavy atom. The third-order valence-corrected chi connectivity index (χ3v) is 2.26. The lowest BCUT2D eigenvalue weighted by atomic mass is 10.3. The molecule has 0 unspecified atom stereocenters. The monoisotopic (exact) mass is 245 g/mol. The van der Waals surface area contributed by atoms with Crippen LogP contribution in [-0.2, 0) is 0 Å². The van der Waals surface area contributed by atoms with Crippen LogP contribution >= 0.6 is 0 Å². The van der Waals surface area contributed by atoms with Crippen LogP contribution in [0.4, 0.5) is 0 Å². The van der Waals surface area contributed by atoms with Gasteiger partial charge < -0.3 is 4.98 Å². The maximum atomic E-state index is 11.5. The average molecular weight is 245 g/mol. The molecular formula is C14H19N3O. The Labute approximate surface area is 106 Å². The summed E-state index contributed by atoms with van der Waals surface area (Å²) in [6, 6.07) is 9.28. The maximum absolute atomic E-state index is 11.5. The van der Waals surface area contributed by atoms with Gasteiger partial charge in [-0.25, -0.2) is 4.52 Å². The molecule has 0 atom stereocenters. The molecule has 0 saturated carbocycles. The first-order valence-corrected chi connectivity index (χ1v) is 6.31. The van der Waals surface area contributed by atoms with Crippen LogP contribution in [0.2, 0.25) is 0 Å². The van der Waals surface area contributed by atoms with E-state index in [-0.39, 0.29) is 5.56 Å². The number of aromatic nitrogens is 3. The fourth-order valence-corrected chi connectivity index (χ4v) is 1.62. The van der Waals surface area contributed by atoms with Crippen molar-refractivity contribution in [1.29, 1.82) is 0 Å². The van der Waals surface area contributed by atoms with E-state index in [0.29, 0.717) is 5.52 Å². The van der Waals surface area contributed by atoms with Crippen LogP contribution in [0.15, 0.2) is 41.3 Å². The van der Waals surface area contributed by atoms with Crippen LogP contribution in [-0.4, -0.2) is 14.6 Å². The molecule has 1 aromatic carbocycles. The Kier molecular flexibility index (Phi) is 5.11. The van der Waals surface area contributed by atoms with E-state index in [2.05, 4.69) is 10.1 Å². The van der Waals surface area contributed by atoms with Crippen LogP contribution in [0.3, 0.4) is 0 Å². The number of hydrogen-bond donors (Lipinski definition) is 1. The van der Waals surface area contributed by atoms with E-state index in [0.717, 1.165) is 11.0 Å². The average Bonchev–Trinajstić information content (AvgIpc) is 2.94. The third kappa shape index (κ3) is 2.42. The van der Waals surface area contributed by atoms with E-state index in [1.807, 2.05) is 52.0 Å². The minimum absolute atomic E-state index is 0.110. The Hall–Kier alpha value is -2.10. The SMILES string of the molecule is CC.CC.O=c1[nH]c2ccccc2n2nccc12. The van der Waals surface area contributed by atoms with Gasteiger partial charge in [-0.15, -0.1) is 0 Å². The number of nitrogens with zero attached hydrogens (tertiary/aromatic N) is 2. The summed E-state index contributed by atoms with van der Waals surface area (Å²) in [5, 5.41) is 4.10. The van der Waals surface area contributed by atoms with Gasteiger partial charge in [0.05, 0.1) is 17.2 Å². The van der Waals surface area contributed by atoms with Crippen LogP contribution in [0.1, 0.15) is 27.7 Å². The highest BCUT2D eigenvalue weighted by Crippen LogP contribution is 2.09. The van der Waals surface area contributed by atoms with Crippen molar-refractivity contribution >= 4 is 16.6 Å². The molecule has 1 N–H and O–H groups in total. The summed E-state index contributed by atoms with van der Waals surface area (Å²) < 4.78 is 1.65. The normalized spacial score (nSPS) is 9.33. The van der Waals surface area contributed by atoms with Gasteiger partial charge in [-0.1, -0.05) is 39.8 Å². The van der Waals surface area contributed by atoms with E-state index < -0.39 is 0 Å². The molecule has 0 aliphatic heterocycles. The molecular weight excluding hydrogens is 226 g/mol. The van der Waals surface area contributed by atoms with E-state index >= 15 is 0 Å². The lowest BCUT2D eigenvalue weighted by Gasteiger charge is -1.99. The summed E-state index contributed by atoms with van der Waals surface area (Å²) in [5.41, 5.74) is 2.17. The minimum Gasteiger partial charge on any atom is -0.319 e. The molecule has 96 valence electrons. The quantitative estimate of drug-likeness (QED) is 0.661. The summed E-state index contributed by atoms with van der Waals surface area (Å²) in [5.74, 6) is 0. The van der Waals surface area contributed by atoms with Crippen molar-refractivity contribution < 1.29 is 0 Å². The first-order chi connectivity index (χ1) is 8.86. The highest BCUT2D eigenvalue weighted by atomic mass is 16.1. The largest absolute Gasteiger partial charge is 0.319 e. The van der Waals surface area contributed by atoms with Gasteiger partial charge in [-0.3, -0.25) is 4.79 Å². The summed E-state index contributed by atoms with van der Waals surface area (Å²) in [4.78, 5) is 14.3. The number of hydrogen-bond acceptors (Lipinski definition) is 2. The molecule has 18 heavy (non-hydrogen) atoms. The van der Waals surface area contributed by atoms with E-state index in [4.69, 9.17) is 0 Å². The minimum atomic E-state index is -0.110. The molecule has 4 nitrogen and oxygen atoms in total. The zero-order valence-electron chi connectivity index (χ0n) is 11.3. The van der Waals surface area contributed by atoms with Crippen molar-refractivity contribution in [3.05, 3.63) is 46.9 Å². The number of nitrogens with one attached hydrogen (secondary N) is 1. The second-order valence-corrected chi connectivity index (χ2v) is 3.10. The van der Waals surface area contributed by atoms with Crippen LogP contribution in [0.25, 0.3) is 16.6 Å². The Morgan fingerprint density at radius 1 is 1.00 bits per heavy atom. The van der Waals surface area contributed by atoms with E-state index in [1.54, 1.807) is 16.8 Å². The van der Waals surface area contributed by atoms with Crippen LogP contribution in [0, 0.1) is 0 Å². The molecule has 0 amide bonds. The lowest BCUT2D eigenvalue weighted by Crippen LogP contribution is -2.10. The zero-order valence-corrected chi connectivity index (χ0v) is 11.3. The van der Waals surface area contributed by atoms with Gasteiger partial charge in [0, 0.05) is 0 Å².